The normalized spacial score (nSPS) is 11.5. The van der Waals surface area contributed by atoms with E-state index in [0.29, 0.717) is 35.1 Å². The highest BCUT2D eigenvalue weighted by atomic mass is 35.5. The van der Waals surface area contributed by atoms with Crippen LogP contribution < -0.4 is 10.9 Å². The van der Waals surface area contributed by atoms with Crippen LogP contribution in [0.25, 0.3) is 11.2 Å². The molecule has 7 nitrogen and oxygen atoms in total. The van der Waals surface area contributed by atoms with Crippen LogP contribution in [0.5, 0.6) is 0 Å². The first-order valence-corrected chi connectivity index (χ1v) is 9.71. The van der Waals surface area contributed by atoms with Crippen molar-refractivity contribution in [2.75, 3.05) is 5.32 Å². The summed E-state index contributed by atoms with van der Waals surface area (Å²) in [5, 5.41) is 3.40. The Kier molecular flexibility index (Phi) is 5.79. The van der Waals surface area contributed by atoms with Gasteiger partial charge in [-0.3, -0.25) is 4.79 Å². The fraction of sp³-hybridized carbons (Fsp3) is 0.474. The van der Waals surface area contributed by atoms with Crippen molar-refractivity contribution in [1.29, 1.82) is 0 Å². The van der Waals surface area contributed by atoms with Gasteiger partial charge >= 0.3 is 0 Å². The van der Waals surface area contributed by atoms with Gasteiger partial charge in [0.05, 0.1) is 6.33 Å². The van der Waals surface area contributed by atoms with Crippen molar-refractivity contribution in [3.63, 3.8) is 0 Å². The minimum Gasteiger partial charge on any atom is -0.364 e. The van der Waals surface area contributed by atoms with Gasteiger partial charge in [0.1, 0.15) is 0 Å². The van der Waals surface area contributed by atoms with Crippen molar-refractivity contribution in [2.24, 2.45) is 0 Å². The summed E-state index contributed by atoms with van der Waals surface area (Å²) in [5.74, 6) is 0.539. The molecule has 0 aliphatic rings. The van der Waals surface area contributed by atoms with Crippen molar-refractivity contribution < 1.29 is 0 Å². The number of hydrogen-bond donors (Lipinski definition) is 2. The number of aromatic nitrogens is 5. The van der Waals surface area contributed by atoms with Gasteiger partial charge < -0.3 is 14.9 Å². The van der Waals surface area contributed by atoms with Crippen molar-refractivity contribution >= 4 is 28.6 Å². The molecule has 0 atom stereocenters. The van der Waals surface area contributed by atoms with E-state index in [9.17, 15) is 4.79 Å². The molecule has 0 unspecified atom stereocenters. The first kappa shape index (κ1) is 19.4. The maximum absolute atomic E-state index is 12.4. The Morgan fingerprint density at radius 2 is 2.00 bits per heavy atom. The van der Waals surface area contributed by atoms with Gasteiger partial charge in [-0.05, 0) is 49.4 Å². The molecule has 0 spiro atoms. The highest BCUT2D eigenvalue weighted by Gasteiger charge is 2.17. The Morgan fingerprint density at radius 3 is 2.67 bits per heavy atom. The van der Waals surface area contributed by atoms with Crippen LogP contribution in [0.2, 0.25) is 5.28 Å². The summed E-state index contributed by atoms with van der Waals surface area (Å²) in [6.45, 7) is 8.54. The summed E-state index contributed by atoms with van der Waals surface area (Å²) in [6, 6.07) is 2.31. The fourth-order valence-electron chi connectivity index (χ4n) is 3.43. The number of fused-ring (bicyclic) bond motifs is 1. The molecule has 0 saturated heterocycles. The average molecular weight is 389 g/mol. The number of imidazole rings is 1. The molecule has 27 heavy (non-hydrogen) atoms. The summed E-state index contributed by atoms with van der Waals surface area (Å²) in [6.07, 6.45) is 4.52. The molecule has 2 N–H and O–H groups in total. The number of nitrogens with zero attached hydrogens (tertiary/aromatic N) is 4. The molecule has 0 aliphatic carbocycles. The lowest BCUT2D eigenvalue weighted by Crippen LogP contribution is -2.20. The zero-order chi connectivity index (χ0) is 19.6. The Labute approximate surface area is 163 Å². The van der Waals surface area contributed by atoms with E-state index in [4.69, 9.17) is 11.6 Å². The van der Waals surface area contributed by atoms with E-state index in [0.717, 1.165) is 30.5 Å². The van der Waals surface area contributed by atoms with Crippen molar-refractivity contribution in [3.8, 4) is 0 Å². The standard InChI is InChI=1S/C19H25ClN6O/c1-5-12-8-11(4)23-18(27)14(12)9-21-16-15-17(25-19(20)24-16)26(10-22-15)13(6-2)7-3/h8,10,13H,5-7,9H2,1-4H3,(H,23,27)(H,21,24,25). The highest BCUT2D eigenvalue weighted by molar-refractivity contribution is 6.28. The first-order chi connectivity index (χ1) is 13.0. The molecule has 3 rings (SSSR count). The first-order valence-electron chi connectivity index (χ1n) is 9.34. The van der Waals surface area contributed by atoms with Crippen molar-refractivity contribution in [3.05, 3.63) is 44.9 Å². The van der Waals surface area contributed by atoms with Crippen LogP contribution in [0, 0.1) is 6.92 Å². The zero-order valence-corrected chi connectivity index (χ0v) is 16.9. The zero-order valence-electron chi connectivity index (χ0n) is 16.1. The van der Waals surface area contributed by atoms with E-state index < -0.39 is 0 Å². The summed E-state index contributed by atoms with van der Waals surface area (Å²) in [7, 11) is 0. The number of aryl methyl sites for hydroxylation is 2. The molecule has 8 heteroatoms. The number of hydrogen-bond acceptors (Lipinski definition) is 5. The van der Waals surface area contributed by atoms with Crippen molar-refractivity contribution in [1.82, 2.24) is 24.5 Å². The lowest BCUT2D eigenvalue weighted by molar-refractivity contribution is 0.480. The largest absolute Gasteiger partial charge is 0.364 e. The minimum atomic E-state index is -0.0849. The third-order valence-corrected chi connectivity index (χ3v) is 5.08. The minimum absolute atomic E-state index is 0.0849. The van der Waals surface area contributed by atoms with Gasteiger partial charge in [-0.15, -0.1) is 0 Å². The van der Waals surface area contributed by atoms with Crippen LogP contribution in [0.1, 0.15) is 56.5 Å². The molecule has 0 saturated carbocycles. The maximum Gasteiger partial charge on any atom is 0.253 e. The summed E-state index contributed by atoms with van der Waals surface area (Å²) in [5.41, 5.74) is 3.86. The Morgan fingerprint density at radius 1 is 1.26 bits per heavy atom. The summed E-state index contributed by atoms with van der Waals surface area (Å²) >= 11 is 6.16. The summed E-state index contributed by atoms with van der Waals surface area (Å²) < 4.78 is 2.05. The molecule has 3 aromatic rings. The number of H-pyrrole nitrogens is 1. The fourth-order valence-corrected chi connectivity index (χ4v) is 3.59. The van der Waals surface area contributed by atoms with E-state index >= 15 is 0 Å². The average Bonchev–Trinajstić information content (AvgIpc) is 3.05. The van der Waals surface area contributed by atoms with E-state index in [2.05, 4.69) is 39.1 Å². The molecule has 0 radical (unpaired) electrons. The molecule has 0 bridgehead atoms. The van der Waals surface area contributed by atoms with Crippen molar-refractivity contribution in [2.45, 2.75) is 59.5 Å². The van der Waals surface area contributed by atoms with Gasteiger partial charge in [-0.1, -0.05) is 20.8 Å². The number of nitrogens with one attached hydrogen (secondary N) is 2. The van der Waals surface area contributed by atoms with Crippen LogP contribution in [0.15, 0.2) is 17.2 Å². The monoisotopic (exact) mass is 388 g/mol. The van der Waals surface area contributed by atoms with E-state index in [1.165, 1.54) is 0 Å². The Bertz CT molecular complexity index is 1010. The van der Waals surface area contributed by atoms with Gasteiger partial charge in [-0.25, -0.2) is 4.98 Å². The molecular weight excluding hydrogens is 364 g/mol. The van der Waals surface area contributed by atoms with Crippen LogP contribution in [0.3, 0.4) is 0 Å². The SMILES string of the molecule is CCc1cc(C)[nH]c(=O)c1CNc1nc(Cl)nc2c1ncn2C(CC)CC. The molecule has 0 fully saturated rings. The molecule has 0 amide bonds. The molecule has 3 aromatic heterocycles. The topological polar surface area (TPSA) is 88.5 Å². The van der Waals surface area contributed by atoms with Gasteiger partial charge in [0.25, 0.3) is 5.56 Å². The third-order valence-electron chi connectivity index (χ3n) is 4.91. The van der Waals surface area contributed by atoms with E-state index in [-0.39, 0.29) is 10.8 Å². The molecular formula is C19H25ClN6O. The van der Waals surface area contributed by atoms with E-state index in [1.54, 1.807) is 6.33 Å². The number of halogens is 1. The molecule has 144 valence electrons. The van der Waals surface area contributed by atoms with Crippen LogP contribution in [-0.4, -0.2) is 24.5 Å². The molecule has 0 aliphatic heterocycles. The Hall–Kier alpha value is -2.41. The van der Waals surface area contributed by atoms with Crippen LogP contribution in [-0.2, 0) is 13.0 Å². The highest BCUT2D eigenvalue weighted by Crippen LogP contribution is 2.26. The molecule has 0 aromatic carbocycles. The number of pyridine rings is 1. The second-order valence-electron chi connectivity index (χ2n) is 6.63. The van der Waals surface area contributed by atoms with Gasteiger partial charge in [0.2, 0.25) is 5.28 Å². The predicted molar refractivity (Wildman–Crippen MR) is 108 cm³/mol. The quantitative estimate of drug-likeness (QED) is 0.597. The van der Waals surface area contributed by atoms with E-state index in [1.807, 2.05) is 24.5 Å². The number of anilines is 1. The third kappa shape index (κ3) is 3.83. The van der Waals surface area contributed by atoms with Gasteiger partial charge in [0, 0.05) is 23.8 Å². The maximum atomic E-state index is 12.4. The lowest BCUT2D eigenvalue weighted by atomic mass is 10.1. The number of aromatic amines is 1. The molecule has 3 heterocycles. The van der Waals surface area contributed by atoms with Gasteiger partial charge in [0.15, 0.2) is 17.0 Å². The second kappa shape index (κ2) is 8.08. The van der Waals surface area contributed by atoms with Gasteiger partial charge in [-0.2, -0.15) is 9.97 Å². The predicted octanol–water partition coefficient (Wildman–Crippen LogP) is 4.01. The Balaban J connectivity index is 1.98. The smallest absolute Gasteiger partial charge is 0.253 e. The second-order valence-corrected chi connectivity index (χ2v) is 6.97. The van der Waals surface area contributed by atoms with Crippen LogP contribution >= 0.6 is 11.6 Å². The lowest BCUT2D eigenvalue weighted by Gasteiger charge is -2.15. The van der Waals surface area contributed by atoms with Crippen LogP contribution in [0.4, 0.5) is 5.82 Å². The summed E-state index contributed by atoms with van der Waals surface area (Å²) in [4.78, 5) is 28.4. The number of rotatable bonds is 7.